The fourth-order valence-corrected chi connectivity index (χ4v) is 3.08. The molecule has 0 aliphatic carbocycles. The van der Waals surface area contributed by atoms with Gasteiger partial charge in [0.1, 0.15) is 0 Å². The van der Waals surface area contributed by atoms with Crippen LogP contribution in [0.5, 0.6) is 0 Å². The summed E-state index contributed by atoms with van der Waals surface area (Å²) in [4.78, 5) is 4.28. The van der Waals surface area contributed by atoms with Crippen LogP contribution in [0.25, 0.3) is 10.6 Å². The van der Waals surface area contributed by atoms with Gasteiger partial charge in [0.05, 0.1) is 14.4 Å². The predicted octanol–water partition coefficient (Wildman–Crippen LogP) is 4.65. The molecule has 0 aliphatic rings. The van der Waals surface area contributed by atoms with Crippen molar-refractivity contribution in [1.82, 2.24) is 4.98 Å². The highest BCUT2D eigenvalue weighted by molar-refractivity contribution is 9.11. The minimum absolute atomic E-state index is 0.378. The van der Waals surface area contributed by atoms with Gasteiger partial charge in [-0.1, -0.05) is 0 Å². The van der Waals surface area contributed by atoms with Gasteiger partial charge >= 0.3 is 6.18 Å². The Morgan fingerprint density at radius 1 is 1.27 bits per heavy atom. The van der Waals surface area contributed by atoms with Crippen molar-refractivity contribution in [2.75, 3.05) is 0 Å². The highest BCUT2D eigenvalue weighted by Gasteiger charge is 2.34. The van der Waals surface area contributed by atoms with Gasteiger partial charge in [0, 0.05) is 5.38 Å². The lowest BCUT2D eigenvalue weighted by Gasteiger charge is -1.98. The summed E-state index contributed by atoms with van der Waals surface area (Å²) in [5.41, 5.74) is 0.378. The molecule has 2 heterocycles. The van der Waals surface area contributed by atoms with E-state index in [-0.39, 0.29) is 0 Å². The lowest BCUT2D eigenvalue weighted by molar-refractivity contribution is -0.137. The average molecular weight is 314 g/mol. The van der Waals surface area contributed by atoms with Crippen molar-refractivity contribution in [2.24, 2.45) is 0 Å². The lowest BCUT2D eigenvalue weighted by Crippen LogP contribution is -2.03. The van der Waals surface area contributed by atoms with E-state index in [0.717, 1.165) is 8.66 Å². The van der Waals surface area contributed by atoms with Crippen molar-refractivity contribution >= 4 is 38.6 Å². The van der Waals surface area contributed by atoms with Crippen molar-refractivity contribution in [3.63, 3.8) is 0 Å². The Balaban J connectivity index is 2.36. The zero-order valence-corrected chi connectivity index (χ0v) is 10.2. The first-order valence-corrected chi connectivity index (χ1v) is 6.24. The van der Waals surface area contributed by atoms with Crippen LogP contribution in [-0.2, 0) is 6.18 Å². The van der Waals surface area contributed by atoms with Gasteiger partial charge < -0.3 is 0 Å². The minimum atomic E-state index is -4.35. The first-order valence-electron chi connectivity index (χ1n) is 3.75. The van der Waals surface area contributed by atoms with Gasteiger partial charge in [-0.3, -0.25) is 0 Å². The van der Waals surface area contributed by atoms with Gasteiger partial charge in [-0.2, -0.15) is 13.2 Å². The van der Waals surface area contributed by atoms with Crippen molar-refractivity contribution in [3.05, 3.63) is 26.3 Å². The quantitative estimate of drug-likeness (QED) is 0.746. The first kappa shape index (κ1) is 11.1. The molecule has 0 atom stereocenters. The summed E-state index contributed by atoms with van der Waals surface area (Å²) in [5.74, 6) is 0. The first-order chi connectivity index (χ1) is 6.97. The summed E-state index contributed by atoms with van der Waals surface area (Å²) in [5, 5.41) is 0.614. The second kappa shape index (κ2) is 3.88. The number of halogens is 4. The van der Waals surface area contributed by atoms with Crippen LogP contribution in [0.3, 0.4) is 0 Å². The molecule has 0 fully saturated rings. The molecule has 0 aromatic carbocycles. The molecule has 0 unspecified atom stereocenters. The number of nitrogens with zero attached hydrogens (tertiary/aromatic N) is 1. The zero-order chi connectivity index (χ0) is 11.1. The summed E-state index contributed by atoms with van der Waals surface area (Å²) in [6.07, 6.45) is -4.35. The summed E-state index contributed by atoms with van der Waals surface area (Å²) in [7, 11) is 0. The van der Waals surface area contributed by atoms with Crippen molar-refractivity contribution in [2.45, 2.75) is 6.18 Å². The Labute approximate surface area is 99.7 Å². The third-order valence-corrected chi connectivity index (χ3v) is 4.11. The Bertz CT molecular complexity index is 474. The van der Waals surface area contributed by atoms with E-state index in [1.54, 1.807) is 12.1 Å². The molecule has 0 radical (unpaired) electrons. The Morgan fingerprint density at radius 2 is 2.00 bits per heavy atom. The smallest absolute Gasteiger partial charge is 0.231 e. The molecular weight excluding hydrogens is 311 g/mol. The van der Waals surface area contributed by atoms with E-state index in [0.29, 0.717) is 17.0 Å². The maximum atomic E-state index is 12.3. The molecule has 0 spiro atoms. The van der Waals surface area contributed by atoms with E-state index >= 15 is 0 Å². The van der Waals surface area contributed by atoms with Gasteiger partial charge in [-0.15, -0.1) is 22.7 Å². The molecule has 0 amide bonds. The molecule has 2 aromatic heterocycles. The van der Waals surface area contributed by atoms with Crippen LogP contribution >= 0.6 is 38.6 Å². The number of thiazole rings is 1. The molecular formula is C8H3BrF3NS2. The fraction of sp³-hybridized carbons (Fsp3) is 0.125. The molecule has 0 aliphatic heterocycles. The molecule has 15 heavy (non-hydrogen) atoms. The van der Waals surface area contributed by atoms with Gasteiger partial charge in [0.15, 0.2) is 5.01 Å². The highest BCUT2D eigenvalue weighted by Crippen LogP contribution is 2.36. The highest BCUT2D eigenvalue weighted by atomic mass is 79.9. The second-order valence-corrected chi connectivity index (χ2v) is 5.96. The molecule has 7 heteroatoms. The van der Waals surface area contributed by atoms with E-state index in [9.17, 15) is 13.2 Å². The lowest BCUT2D eigenvalue weighted by atomic mass is 10.4. The molecule has 0 saturated carbocycles. The summed E-state index contributed by atoms with van der Waals surface area (Å²) in [6, 6.07) is 3.52. The van der Waals surface area contributed by atoms with Crippen LogP contribution in [0.15, 0.2) is 21.3 Å². The topological polar surface area (TPSA) is 12.9 Å². The maximum absolute atomic E-state index is 12.3. The molecule has 2 rings (SSSR count). The Kier molecular flexibility index (Phi) is 2.87. The van der Waals surface area contributed by atoms with E-state index in [1.807, 2.05) is 0 Å². The molecule has 2 aromatic rings. The number of thiophene rings is 1. The van der Waals surface area contributed by atoms with Gasteiger partial charge in [0.2, 0.25) is 0 Å². The van der Waals surface area contributed by atoms with Crippen LogP contribution in [0.2, 0.25) is 0 Å². The molecule has 80 valence electrons. The van der Waals surface area contributed by atoms with Crippen LogP contribution in [0.1, 0.15) is 5.01 Å². The van der Waals surface area contributed by atoms with Crippen molar-refractivity contribution in [1.29, 1.82) is 0 Å². The van der Waals surface area contributed by atoms with Crippen LogP contribution < -0.4 is 0 Å². The van der Waals surface area contributed by atoms with Crippen LogP contribution in [-0.4, -0.2) is 4.98 Å². The van der Waals surface area contributed by atoms with E-state index in [4.69, 9.17) is 0 Å². The fourth-order valence-electron chi connectivity index (χ4n) is 0.969. The third kappa shape index (κ3) is 2.40. The number of hydrogen-bond donors (Lipinski definition) is 0. The van der Waals surface area contributed by atoms with Crippen LogP contribution in [0.4, 0.5) is 13.2 Å². The standard InChI is InChI=1S/C8H3BrF3NS2/c9-6-2-1-5(15-6)4-3-14-7(13-4)8(10,11)12/h1-3H. The largest absolute Gasteiger partial charge is 0.443 e. The van der Waals surface area contributed by atoms with Gasteiger partial charge in [-0.25, -0.2) is 4.98 Å². The van der Waals surface area contributed by atoms with E-state index in [1.165, 1.54) is 16.7 Å². The average Bonchev–Trinajstić information content (AvgIpc) is 2.69. The molecule has 0 N–H and O–H groups in total. The minimum Gasteiger partial charge on any atom is -0.231 e. The van der Waals surface area contributed by atoms with Crippen molar-refractivity contribution < 1.29 is 13.2 Å². The maximum Gasteiger partial charge on any atom is 0.443 e. The summed E-state index contributed by atoms with van der Waals surface area (Å²) < 4.78 is 37.7. The Morgan fingerprint density at radius 3 is 2.47 bits per heavy atom. The van der Waals surface area contributed by atoms with Crippen LogP contribution in [0, 0.1) is 0 Å². The Hall–Kier alpha value is -0.400. The number of hydrogen-bond acceptors (Lipinski definition) is 3. The summed E-state index contributed by atoms with van der Waals surface area (Å²) >= 11 is 5.22. The van der Waals surface area contributed by atoms with Gasteiger partial charge in [-0.05, 0) is 28.1 Å². The predicted molar refractivity (Wildman–Crippen MR) is 58.1 cm³/mol. The van der Waals surface area contributed by atoms with Crippen molar-refractivity contribution in [3.8, 4) is 10.6 Å². The number of rotatable bonds is 1. The SMILES string of the molecule is FC(F)(F)c1nc(-c2ccc(Br)s2)cs1. The van der Waals surface area contributed by atoms with Gasteiger partial charge in [0.25, 0.3) is 0 Å². The number of aromatic nitrogens is 1. The number of alkyl halides is 3. The summed E-state index contributed by atoms with van der Waals surface area (Å²) in [6.45, 7) is 0. The normalized spacial score (nSPS) is 12.0. The zero-order valence-electron chi connectivity index (χ0n) is 7.01. The van der Waals surface area contributed by atoms with E-state index < -0.39 is 11.2 Å². The third-order valence-electron chi connectivity index (χ3n) is 1.57. The van der Waals surface area contributed by atoms with E-state index in [2.05, 4.69) is 20.9 Å². The monoisotopic (exact) mass is 313 g/mol. The second-order valence-electron chi connectivity index (χ2n) is 2.64. The molecule has 0 saturated heterocycles. The molecule has 0 bridgehead atoms. The molecule has 1 nitrogen and oxygen atoms in total.